The van der Waals surface area contributed by atoms with E-state index >= 15 is 0 Å². The van der Waals surface area contributed by atoms with Crippen LogP contribution in [0.2, 0.25) is 0 Å². The fourth-order valence-corrected chi connectivity index (χ4v) is 6.77. The molecule has 0 bridgehead atoms. The monoisotopic (exact) mass is 591 g/mol. The fourth-order valence-electron chi connectivity index (χ4n) is 5.38. The summed E-state index contributed by atoms with van der Waals surface area (Å²) in [5, 5.41) is 9.35. The maximum absolute atomic E-state index is 13.5. The maximum atomic E-state index is 13.5. The van der Waals surface area contributed by atoms with Gasteiger partial charge in [0.25, 0.3) is 5.56 Å². The molecule has 1 aromatic carbocycles. The summed E-state index contributed by atoms with van der Waals surface area (Å²) in [7, 11) is -2.23. The lowest BCUT2D eigenvalue weighted by molar-refractivity contribution is -0.140. The van der Waals surface area contributed by atoms with Crippen LogP contribution in [-0.2, 0) is 23.6 Å². The van der Waals surface area contributed by atoms with Crippen molar-refractivity contribution in [1.29, 1.82) is 0 Å². The van der Waals surface area contributed by atoms with Gasteiger partial charge >= 0.3 is 6.18 Å². The predicted octanol–water partition coefficient (Wildman–Crippen LogP) is 3.56. The van der Waals surface area contributed by atoms with Gasteiger partial charge in [-0.05, 0) is 50.1 Å². The van der Waals surface area contributed by atoms with Crippen LogP contribution in [0.25, 0.3) is 16.6 Å². The quantitative estimate of drug-likeness (QED) is 0.326. The van der Waals surface area contributed by atoms with Crippen LogP contribution in [0.15, 0.2) is 52.7 Å². The Balaban J connectivity index is 1.54. The molecule has 1 saturated heterocycles. The molecule has 0 spiro atoms. The van der Waals surface area contributed by atoms with Crippen molar-refractivity contribution < 1.29 is 21.6 Å². The number of halogens is 3. The molecule has 3 aromatic heterocycles. The minimum absolute atomic E-state index is 0.00201. The van der Waals surface area contributed by atoms with Gasteiger partial charge in [-0.15, -0.1) is 0 Å². The number of hydrogen-bond acceptors (Lipinski definition) is 6. The van der Waals surface area contributed by atoms with Crippen molar-refractivity contribution in [3.8, 4) is 5.69 Å². The molecule has 14 heteroatoms. The van der Waals surface area contributed by atoms with E-state index in [4.69, 9.17) is 0 Å². The highest BCUT2D eigenvalue weighted by Crippen LogP contribution is 2.34. The normalized spacial score (nSPS) is 17.5. The molecule has 0 radical (unpaired) electrons. The Labute approximate surface area is 235 Å². The van der Waals surface area contributed by atoms with E-state index in [1.54, 1.807) is 42.0 Å². The molecule has 220 valence electrons. The standard InChI is InChI=1S/C27H32F3N7O3S/c1-5-35-16-22(14-31-35)41(39,40)36-9-8-34(7-6-27(28,29)30)25(17-36)23-12-20-13-32-37(24(20)11-18(23)2)21-10-19(3)26(38)33(4)15-21/h10-16,25H,5-9,17H2,1-4H3. The largest absolute Gasteiger partial charge is 0.390 e. The van der Waals surface area contributed by atoms with Gasteiger partial charge in [0, 0.05) is 69.2 Å². The highest BCUT2D eigenvalue weighted by atomic mass is 32.2. The molecular weight excluding hydrogens is 559 g/mol. The zero-order valence-electron chi connectivity index (χ0n) is 23.3. The molecule has 1 aliphatic rings. The lowest BCUT2D eigenvalue weighted by atomic mass is 9.96. The number of piperazine rings is 1. The van der Waals surface area contributed by atoms with Gasteiger partial charge in [-0.2, -0.15) is 27.7 Å². The average Bonchev–Trinajstić information content (AvgIpc) is 3.57. The van der Waals surface area contributed by atoms with E-state index in [0.29, 0.717) is 17.8 Å². The topological polar surface area (TPSA) is 98.3 Å². The minimum atomic E-state index is -4.34. The highest BCUT2D eigenvalue weighted by molar-refractivity contribution is 7.89. The Hall–Kier alpha value is -3.49. The van der Waals surface area contributed by atoms with Gasteiger partial charge in [0.15, 0.2) is 0 Å². The minimum Gasteiger partial charge on any atom is -0.316 e. The third kappa shape index (κ3) is 5.68. The van der Waals surface area contributed by atoms with Crippen molar-refractivity contribution in [2.24, 2.45) is 7.05 Å². The van der Waals surface area contributed by atoms with Gasteiger partial charge in [-0.3, -0.25) is 14.4 Å². The number of pyridine rings is 1. The summed E-state index contributed by atoms with van der Waals surface area (Å²) in [6.07, 6.45) is 0.787. The first-order valence-corrected chi connectivity index (χ1v) is 14.7. The van der Waals surface area contributed by atoms with Crippen LogP contribution in [0.4, 0.5) is 13.2 Å². The second kappa shape index (κ2) is 10.7. The second-order valence-corrected chi connectivity index (χ2v) is 12.4. The van der Waals surface area contributed by atoms with E-state index < -0.39 is 28.7 Å². The molecule has 1 unspecified atom stereocenters. The summed E-state index contributed by atoms with van der Waals surface area (Å²) in [6, 6.07) is 4.93. The van der Waals surface area contributed by atoms with Gasteiger partial charge < -0.3 is 4.57 Å². The Morgan fingerprint density at radius 1 is 1.02 bits per heavy atom. The molecule has 0 saturated carbocycles. The van der Waals surface area contributed by atoms with Gasteiger partial charge in [0.1, 0.15) is 4.90 Å². The summed E-state index contributed by atoms with van der Waals surface area (Å²) >= 11 is 0. The second-order valence-electron chi connectivity index (χ2n) is 10.4. The number of hydrogen-bond donors (Lipinski definition) is 0. The van der Waals surface area contributed by atoms with Crippen LogP contribution in [0.1, 0.15) is 36.1 Å². The van der Waals surface area contributed by atoms with Gasteiger partial charge in [0.05, 0.1) is 30.0 Å². The summed E-state index contributed by atoms with van der Waals surface area (Å²) in [5.74, 6) is 0. The number of benzene rings is 1. The van der Waals surface area contributed by atoms with E-state index in [0.717, 1.165) is 22.0 Å². The lowest BCUT2D eigenvalue weighted by Crippen LogP contribution is -2.51. The average molecular weight is 592 g/mol. The van der Waals surface area contributed by atoms with E-state index in [9.17, 15) is 26.4 Å². The highest BCUT2D eigenvalue weighted by Gasteiger charge is 2.38. The Kier molecular flexibility index (Phi) is 7.59. The number of fused-ring (bicyclic) bond motifs is 1. The van der Waals surface area contributed by atoms with Gasteiger partial charge in [0.2, 0.25) is 10.0 Å². The van der Waals surface area contributed by atoms with Crippen LogP contribution >= 0.6 is 0 Å². The molecular formula is C27H32F3N7O3S. The Bertz CT molecular complexity index is 1730. The van der Waals surface area contributed by atoms with Crippen LogP contribution < -0.4 is 5.56 Å². The number of aromatic nitrogens is 5. The summed E-state index contributed by atoms with van der Waals surface area (Å²) in [4.78, 5) is 14.0. The maximum Gasteiger partial charge on any atom is 0.390 e. The number of sulfonamides is 1. The van der Waals surface area contributed by atoms with E-state index in [2.05, 4.69) is 10.2 Å². The first-order valence-electron chi connectivity index (χ1n) is 13.3. The number of aryl methyl sites for hydroxylation is 4. The predicted molar refractivity (Wildman–Crippen MR) is 147 cm³/mol. The van der Waals surface area contributed by atoms with Crippen LogP contribution in [0.5, 0.6) is 0 Å². The van der Waals surface area contributed by atoms with E-state index in [-0.39, 0.29) is 36.6 Å². The smallest absolute Gasteiger partial charge is 0.316 e. The molecule has 5 rings (SSSR count). The van der Waals surface area contributed by atoms with Crippen molar-refractivity contribution >= 4 is 20.9 Å². The van der Waals surface area contributed by atoms with Crippen LogP contribution in [0.3, 0.4) is 0 Å². The van der Waals surface area contributed by atoms with Crippen molar-refractivity contribution in [2.75, 3.05) is 26.2 Å². The molecule has 4 heterocycles. The number of rotatable bonds is 7. The number of alkyl halides is 3. The van der Waals surface area contributed by atoms with Gasteiger partial charge in [-0.1, -0.05) is 0 Å². The molecule has 1 aliphatic heterocycles. The molecule has 1 atom stereocenters. The van der Waals surface area contributed by atoms with Crippen molar-refractivity contribution in [3.05, 3.63) is 70.0 Å². The van der Waals surface area contributed by atoms with Crippen molar-refractivity contribution in [2.45, 2.75) is 50.9 Å². The Morgan fingerprint density at radius 2 is 1.78 bits per heavy atom. The summed E-state index contributed by atoms with van der Waals surface area (Å²) < 4.78 is 72.7. The van der Waals surface area contributed by atoms with Crippen LogP contribution in [0, 0.1) is 13.8 Å². The third-order valence-corrected chi connectivity index (χ3v) is 9.43. The molecule has 41 heavy (non-hydrogen) atoms. The van der Waals surface area contributed by atoms with E-state index in [1.807, 2.05) is 26.0 Å². The SMILES string of the molecule is CCn1cc(S(=O)(=O)N2CCN(CCC(F)(F)F)C(c3cc4cnn(-c5cc(C)c(=O)n(C)c5)c4cc3C)C2)cn1. The molecule has 10 nitrogen and oxygen atoms in total. The third-order valence-electron chi connectivity index (χ3n) is 7.62. The van der Waals surface area contributed by atoms with Crippen LogP contribution in [-0.4, -0.2) is 74.1 Å². The number of nitrogens with zero attached hydrogens (tertiary/aromatic N) is 7. The first-order chi connectivity index (χ1) is 19.3. The van der Waals surface area contributed by atoms with E-state index in [1.165, 1.54) is 25.9 Å². The van der Waals surface area contributed by atoms with Crippen molar-refractivity contribution in [1.82, 2.24) is 33.3 Å². The fraction of sp³-hybridized carbons (Fsp3) is 0.444. The zero-order chi connectivity index (χ0) is 29.7. The molecule has 4 aromatic rings. The zero-order valence-corrected chi connectivity index (χ0v) is 24.1. The lowest BCUT2D eigenvalue weighted by Gasteiger charge is -2.41. The Morgan fingerprint density at radius 3 is 2.44 bits per heavy atom. The summed E-state index contributed by atoms with van der Waals surface area (Å²) in [5.41, 5.74) is 3.44. The van der Waals surface area contributed by atoms with Crippen molar-refractivity contribution in [3.63, 3.8) is 0 Å². The molecule has 0 N–H and O–H groups in total. The first kappa shape index (κ1) is 29.0. The molecule has 0 amide bonds. The summed E-state index contributed by atoms with van der Waals surface area (Å²) in [6.45, 7) is 5.91. The molecule has 1 fully saturated rings. The molecule has 0 aliphatic carbocycles. The van der Waals surface area contributed by atoms with Gasteiger partial charge in [-0.25, -0.2) is 13.1 Å².